The van der Waals surface area contributed by atoms with Crippen molar-refractivity contribution in [2.24, 2.45) is 4.99 Å². The average molecular weight is 151 g/mol. The number of thiocarbonyl (C=S) groups is 1. The second-order valence-electron chi connectivity index (χ2n) is 1.72. The molecule has 3 heteroatoms. The van der Waals surface area contributed by atoms with Gasteiger partial charge in [-0.05, 0) is 24.4 Å². The van der Waals surface area contributed by atoms with Crippen molar-refractivity contribution in [3.05, 3.63) is 24.3 Å². The molecule has 1 aromatic rings. The molecule has 1 aromatic carbocycles. The summed E-state index contributed by atoms with van der Waals surface area (Å²) in [7, 11) is 0. The number of hydrogen-bond acceptors (Lipinski definition) is 3. The minimum atomic E-state index is 0.187. The topological polar surface area (TPSA) is 32.6 Å². The van der Waals surface area contributed by atoms with Crippen molar-refractivity contribution in [3.8, 4) is 5.75 Å². The summed E-state index contributed by atoms with van der Waals surface area (Å²) >= 11 is 4.38. The van der Waals surface area contributed by atoms with Gasteiger partial charge in [0.2, 0.25) is 0 Å². The Morgan fingerprint density at radius 1 is 1.50 bits per heavy atom. The number of aromatic hydroxyl groups is 1. The number of isothiocyanates is 1. The van der Waals surface area contributed by atoms with E-state index in [1.807, 2.05) is 0 Å². The Morgan fingerprint density at radius 3 is 2.90 bits per heavy atom. The normalized spacial score (nSPS) is 8.40. The molecule has 0 unspecified atom stereocenters. The van der Waals surface area contributed by atoms with Crippen LogP contribution in [0, 0.1) is 0 Å². The predicted molar refractivity (Wildman–Crippen MR) is 42.8 cm³/mol. The van der Waals surface area contributed by atoms with Crippen molar-refractivity contribution in [2.45, 2.75) is 0 Å². The standard InChI is InChI=1S/C7H5NOS/c9-7-3-1-2-6(4-7)8-5-10/h1-4,9H. The molecule has 10 heavy (non-hydrogen) atoms. The molecule has 0 fully saturated rings. The van der Waals surface area contributed by atoms with Crippen molar-refractivity contribution < 1.29 is 5.11 Å². The number of phenolic OH excluding ortho intramolecular Hbond substituents is 1. The van der Waals surface area contributed by atoms with Crippen LogP contribution in [0.2, 0.25) is 0 Å². The maximum Gasteiger partial charge on any atom is 0.117 e. The molecule has 0 aliphatic heterocycles. The first-order valence-electron chi connectivity index (χ1n) is 2.70. The van der Waals surface area contributed by atoms with Crippen LogP contribution in [0.4, 0.5) is 5.69 Å². The number of nitrogens with zero attached hydrogens (tertiary/aromatic N) is 1. The monoisotopic (exact) mass is 151 g/mol. The Balaban J connectivity index is 3.06. The zero-order chi connectivity index (χ0) is 7.40. The highest BCUT2D eigenvalue weighted by molar-refractivity contribution is 7.78. The first-order chi connectivity index (χ1) is 4.83. The number of benzene rings is 1. The Labute approximate surface area is 63.8 Å². The van der Waals surface area contributed by atoms with E-state index in [-0.39, 0.29) is 5.75 Å². The Bertz CT molecular complexity index is 279. The SMILES string of the molecule is Oc1cccc(N=C=S)c1. The number of aliphatic imine (C=N–C) groups is 1. The van der Waals surface area contributed by atoms with Gasteiger partial charge in [-0.25, -0.2) is 0 Å². The molecule has 1 rings (SSSR count). The molecule has 0 radical (unpaired) electrons. The molecule has 2 nitrogen and oxygen atoms in total. The molecule has 0 heterocycles. The Kier molecular flexibility index (Phi) is 2.15. The third kappa shape index (κ3) is 1.65. The minimum Gasteiger partial charge on any atom is -0.508 e. The fourth-order valence-electron chi connectivity index (χ4n) is 0.615. The van der Waals surface area contributed by atoms with Crippen LogP contribution in [-0.4, -0.2) is 10.3 Å². The average Bonchev–Trinajstić information content (AvgIpc) is 1.88. The molecule has 1 N–H and O–H groups in total. The summed E-state index contributed by atoms with van der Waals surface area (Å²) in [6.45, 7) is 0. The highest BCUT2D eigenvalue weighted by Crippen LogP contribution is 2.17. The van der Waals surface area contributed by atoms with E-state index < -0.39 is 0 Å². The molecule has 0 saturated carbocycles. The zero-order valence-electron chi connectivity index (χ0n) is 5.11. The van der Waals surface area contributed by atoms with Crippen molar-refractivity contribution in [3.63, 3.8) is 0 Å². The van der Waals surface area contributed by atoms with Crippen molar-refractivity contribution in [1.29, 1.82) is 0 Å². The molecule has 0 aliphatic carbocycles. The number of rotatable bonds is 1. The molecule has 0 amide bonds. The van der Waals surface area contributed by atoms with Gasteiger partial charge in [-0.1, -0.05) is 6.07 Å². The van der Waals surface area contributed by atoms with Crippen molar-refractivity contribution in [2.75, 3.05) is 0 Å². The van der Waals surface area contributed by atoms with Gasteiger partial charge in [0, 0.05) is 6.07 Å². The first-order valence-corrected chi connectivity index (χ1v) is 3.10. The summed E-state index contributed by atoms with van der Waals surface area (Å²) in [5.74, 6) is 0.187. The van der Waals surface area contributed by atoms with E-state index in [0.29, 0.717) is 5.69 Å². The van der Waals surface area contributed by atoms with Crippen LogP contribution >= 0.6 is 12.2 Å². The van der Waals surface area contributed by atoms with Gasteiger partial charge in [-0.15, -0.1) is 0 Å². The van der Waals surface area contributed by atoms with E-state index >= 15 is 0 Å². The zero-order valence-corrected chi connectivity index (χ0v) is 5.93. The fraction of sp³-hybridized carbons (Fsp3) is 0. The first kappa shape index (κ1) is 6.93. The van der Waals surface area contributed by atoms with E-state index in [1.54, 1.807) is 18.2 Å². The largest absolute Gasteiger partial charge is 0.508 e. The van der Waals surface area contributed by atoms with Crippen LogP contribution in [-0.2, 0) is 0 Å². The molecule has 0 aliphatic rings. The smallest absolute Gasteiger partial charge is 0.117 e. The summed E-state index contributed by atoms with van der Waals surface area (Å²) in [6.07, 6.45) is 0. The van der Waals surface area contributed by atoms with Gasteiger partial charge in [0.15, 0.2) is 0 Å². The number of phenols is 1. The fourth-order valence-corrected chi connectivity index (χ4v) is 0.721. The van der Waals surface area contributed by atoms with Crippen LogP contribution in [0.5, 0.6) is 5.75 Å². The summed E-state index contributed by atoms with van der Waals surface area (Å²) in [5, 5.41) is 11.1. The molecular formula is C7H5NOS. The Hall–Kier alpha value is -1.18. The van der Waals surface area contributed by atoms with Gasteiger partial charge in [0.25, 0.3) is 0 Å². The van der Waals surface area contributed by atoms with E-state index in [9.17, 15) is 0 Å². The van der Waals surface area contributed by atoms with Crippen LogP contribution in [0.1, 0.15) is 0 Å². The summed E-state index contributed by atoms with van der Waals surface area (Å²) < 4.78 is 0. The summed E-state index contributed by atoms with van der Waals surface area (Å²) in [6, 6.07) is 6.52. The van der Waals surface area contributed by atoms with Gasteiger partial charge < -0.3 is 5.11 Å². The molecular weight excluding hydrogens is 146 g/mol. The maximum absolute atomic E-state index is 8.92. The number of hydrogen-bond donors (Lipinski definition) is 1. The summed E-state index contributed by atoms with van der Waals surface area (Å²) in [4.78, 5) is 3.67. The van der Waals surface area contributed by atoms with Crippen LogP contribution < -0.4 is 0 Å². The van der Waals surface area contributed by atoms with Crippen LogP contribution in [0.15, 0.2) is 29.3 Å². The lowest BCUT2D eigenvalue weighted by Gasteiger charge is -1.90. The molecule has 50 valence electrons. The molecule has 0 saturated heterocycles. The minimum absolute atomic E-state index is 0.187. The predicted octanol–water partition coefficient (Wildman–Crippen LogP) is 2.13. The molecule has 0 spiro atoms. The second-order valence-corrected chi connectivity index (χ2v) is 1.91. The second kappa shape index (κ2) is 3.11. The van der Waals surface area contributed by atoms with E-state index in [0.717, 1.165) is 0 Å². The van der Waals surface area contributed by atoms with Gasteiger partial charge in [-0.3, -0.25) is 0 Å². The van der Waals surface area contributed by atoms with E-state index in [4.69, 9.17) is 5.11 Å². The van der Waals surface area contributed by atoms with E-state index in [1.165, 1.54) is 6.07 Å². The van der Waals surface area contributed by atoms with Crippen molar-refractivity contribution >= 4 is 23.1 Å². The highest BCUT2D eigenvalue weighted by Gasteiger charge is 1.87. The highest BCUT2D eigenvalue weighted by atomic mass is 32.1. The van der Waals surface area contributed by atoms with Gasteiger partial charge in [-0.2, -0.15) is 4.99 Å². The lowest BCUT2D eigenvalue weighted by atomic mass is 10.3. The van der Waals surface area contributed by atoms with Crippen LogP contribution in [0.25, 0.3) is 0 Å². The van der Waals surface area contributed by atoms with Crippen LogP contribution in [0.3, 0.4) is 0 Å². The quantitative estimate of drug-likeness (QED) is 0.492. The molecule has 0 bridgehead atoms. The van der Waals surface area contributed by atoms with Gasteiger partial charge in [0.1, 0.15) is 5.75 Å². The van der Waals surface area contributed by atoms with E-state index in [2.05, 4.69) is 22.4 Å². The molecule has 0 aromatic heterocycles. The molecule has 0 atom stereocenters. The third-order valence-corrected chi connectivity index (χ3v) is 1.10. The lowest BCUT2D eigenvalue weighted by Crippen LogP contribution is -1.63. The third-order valence-electron chi connectivity index (χ3n) is 1.00. The van der Waals surface area contributed by atoms with Gasteiger partial charge >= 0.3 is 0 Å². The maximum atomic E-state index is 8.92. The van der Waals surface area contributed by atoms with Gasteiger partial charge in [0.05, 0.1) is 10.8 Å². The lowest BCUT2D eigenvalue weighted by molar-refractivity contribution is 0.475. The van der Waals surface area contributed by atoms with Crippen molar-refractivity contribution in [1.82, 2.24) is 0 Å². The summed E-state index contributed by atoms with van der Waals surface area (Å²) in [5.41, 5.74) is 0.620. The Morgan fingerprint density at radius 2 is 2.30 bits per heavy atom.